The van der Waals surface area contributed by atoms with Crippen LogP contribution in [0.4, 0.5) is 4.39 Å². The maximum atomic E-state index is 13.1. The summed E-state index contributed by atoms with van der Waals surface area (Å²) in [5, 5.41) is 6.51. The second kappa shape index (κ2) is 10.5. The number of ether oxygens (including phenoxy) is 1. The van der Waals surface area contributed by atoms with Crippen LogP contribution in [0.5, 0.6) is 0 Å². The van der Waals surface area contributed by atoms with Gasteiger partial charge in [-0.25, -0.2) is 4.39 Å². The van der Waals surface area contributed by atoms with Crippen molar-refractivity contribution in [2.24, 2.45) is 4.99 Å². The van der Waals surface area contributed by atoms with E-state index in [1.807, 2.05) is 25.1 Å². The van der Waals surface area contributed by atoms with Crippen molar-refractivity contribution >= 4 is 5.96 Å². The number of rotatable bonds is 9. The highest BCUT2D eigenvalue weighted by Crippen LogP contribution is 2.10. The molecular formula is C19H26FN3O2. The molecule has 0 fully saturated rings. The van der Waals surface area contributed by atoms with Crippen LogP contribution in [-0.4, -0.2) is 32.7 Å². The van der Waals surface area contributed by atoms with Gasteiger partial charge in [-0.1, -0.05) is 6.07 Å². The highest BCUT2D eigenvalue weighted by Gasteiger charge is 2.02. The van der Waals surface area contributed by atoms with Gasteiger partial charge in [0, 0.05) is 26.7 Å². The summed E-state index contributed by atoms with van der Waals surface area (Å²) in [7, 11) is 1.74. The largest absolute Gasteiger partial charge is 0.467 e. The molecule has 0 spiro atoms. The van der Waals surface area contributed by atoms with Crippen molar-refractivity contribution in [3.63, 3.8) is 0 Å². The van der Waals surface area contributed by atoms with Gasteiger partial charge >= 0.3 is 0 Å². The van der Waals surface area contributed by atoms with Gasteiger partial charge in [-0.15, -0.1) is 0 Å². The van der Waals surface area contributed by atoms with Crippen molar-refractivity contribution in [2.75, 3.05) is 26.7 Å². The molecule has 2 N–H and O–H groups in total. The predicted molar refractivity (Wildman–Crippen MR) is 97.2 cm³/mol. The average Bonchev–Trinajstić information content (AvgIpc) is 3.11. The number of nitrogens with one attached hydrogen (secondary N) is 2. The molecule has 136 valence electrons. The minimum atomic E-state index is -0.194. The SMILES string of the molecule is CN=C(NCCCOCc1ccco1)NCCc1ccc(F)cc1C. The number of guanidine groups is 1. The third kappa shape index (κ3) is 6.97. The molecule has 2 aromatic rings. The molecule has 0 bridgehead atoms. The number of aliphatic imine (C=N–C) groups is 1. The van der Waals surface area contributed by atoms with Crippen molar-refractivity contribution in [1.29, 1.82) is 0 Å². The summed E-state index contributed by atoms with van der Waals surface area (Å²) < 4.78 is 23.8. The van der Waals surface area contributed by atoms with Gasteiger partial charge in [-0.3, -0.25) is 4.99 Å². The van der Waals surface area contributed by atoms with Gasteiger partial charge in [-0.05, 0) is 55.2 Å². The molecule has 1 heterocycles. The lowest BCUT2D eigenvalue weighted by Crippen LogP contribution is -2.39. The molecule has 0 aliphatic heterocycles. The van der Waals surface area contributed by atoms with Crippen LogP contribution in [0.15, 0.2) is 46.0 Å². The first kappa shape index (κ1) is 19.0. The number of aryl methyl sites for hydroxylation is 1. The zero-order valence-corrected chi connectivity index (χ0v) is 14.8. The summed E-state index contributed by atoms with van der Waals surface area (Å²) >= 11 is 0. The fraction of sp³-hybridized carbons (Fsp3) is 0.421. The Morgan fingerprint density at radius 3 is 2.80 bits per heavy atom. The van der Waals surface area contributed by atoms with Gasteiger partial charge < -0.3 is 19.8 Å². The molecule has 0 aliphatic rings. The van der Waals surface area contributed by atoms with Crippen molar-refractivity contribution in [3.05, 3.63) is 59.3 Å². The summed E-state index contributed by atoms with van der Waals surface area (Å²) in [6.07, 6.45) is 3.33. The minimum Gasteiger partial charge on any atom is -0.467 e. The number of furan rings is 1. The third-order valence-electron chi connectivity index (χ3n) is 3.80. The average molecular weight is 347 g/mol. The van der Waals surface area contributed by atoms with Crippen LogP contribution >= 0.6 is 0 Å². The molecule has 1 aromatic heterocycles. The van der Waals surface area contributed by atoms with E-state index in [2.05, 4.69) is 15.6 Å². The van der Waals surface area contributed by atoms with E-state index in [1.54, 1.807) is 19.4 Å². The van der Waals surface area contributed by atoms with Gasteiger partial charge in [-0.2, -0.15) is 0 Å². The normalized spacial score (nSPS) is 11.6. The highest BCUT2D eigenvalue weighted by molar-refractivity contribution is 5.79. The molecule has 0 saturated heterocycles. The van der Waals surface area contributed by atoms with E-state index < -0.39 is 0 Å². The zero-order valence-electron chi connectivity index (χ0n) is 14.8. The highest BCUT2D eigenvalue weighted by atomic mass is 19.1. The lowest BCUT2D eigenvalue weighted by atomic mass is 10.1. The van der Waals surface area contributed by atoms with Crippen molar-refractivity contribution in [2.45, 2.75) is 26.4 Å². The Morgan fingerprint density at radius 2 is 2.08 bits per heavy atom. The van der Waals surface area contributed by atoms with E-state index in [1.165, 1.54) is 6.07 Å². The minimum absolute atomic E-state index is 0.194. The van der Waals surface area contributed by atoms with E-state index in [9.17, 15) is 4.39 Å². The van der Waals surface area contributed by atoms with Gasteiger partial charge in [0.1, 0.15) is 18.2 Å². The van der Waals surface area contributed by atoms with Crippen LogP contribution in [0.2, 0.25) is 0 Å². The first-order valence-corrected chi connectivity index (χ1v) is 8.48. The first-order chi connectivity index (χ1) is 12.2. The fourth-order valence-electron chi connectivity index (χ4n) is 2.42. The summed E-state index contributed by atoms with van der Waals surface area (Å²) in [5.74, 6) is 1.40. The van der Waals surface area contributed by atoms with Crippen LogP contribution in [0.3, 0.4) is 0 Å². The first-order valence-electron chi connectivity index (χ1n) is 8.48. The lowest BCUT2D eigenvalue weighted by Gasteiger charge is -2.12. The maximum Gasteiger partial charge on any atom is 0.190 e. The Kier molecular flexibility index (Phi) is 7.98. The smallest absolute Gasteiger partial charge is 0.190 e. The van der Waals surface area contributed by atoms with Crippen LogP contribution in [0.1, 0.15) is 23.3 Å². The number of nitrogens with zero attached hydrogens (tertiary/aromatic N) is 1. The summed E-state index contributed by atoms with van der Waals surface area (Å²) in [6.45, 7) is 4.58. The van der Waals surface area contributed by atoms with Crippen LogP contribution in [0.25, 0.3) is 0 Å². The summed E-state index contributed by atoms with van der Waals surface area (Å²) in [6, 6.07) is 8.64. The Hall–Kier alpha value is -2.34. The van der Waals surface area contributed by atoms with Gasteiger partial charge in [0.15, 0.2) is 5.96 Å². The van der Waals surface area contributed by atoms with Crippen LogP contribution in [-0.2, 0) is 17.8 Å². The summed E-state index contributed by atoms with van der Waals surface area (Å²) in [5.41, 5.74) is 2.11. The van der Waals surface area contributed by atoms with E-state index in [0.717, 1.165) is 48.8 Å². The quantitative estimate of drug-likeness (QED) is 0.416. The Balaban J connectivity index is 1.57. The number of halogens is 1. The molecule has 6 heteroatoms. The van der Waals surface area contributed by atoms with E-state index in [4.69, 9.17) is 9.15 Å². The molecule has 5 nitrogen and oxygen atoms in total. The predicted octanol–water partition coefficient (Wildman–Crippen LogP) is 3.04. The topological polar surface area (TPSA) is 58.8 Å². The molecule has 2 rings (SSSR count). The zero-order chi connectivity index (χ0) is 17.9. The summed E-state index contributed by atoms with van der Waals surface area (Å²) in [4.78, 5) is 4.19. The van der Waals surface area contributed by atoms with E-state index >= 15 is 0 Å². The van der Waals surface area contributed by atoms with Gasteiger partial charge in [0.25, 0.3) is 0 Å². The Labute approximate surface area is 148 Å². The number of hydrogen-bond acceptors (Lipinski definition) is 3. The molecule has 1 aromatic carbocycles. The van der Waals surface area contributed by atoms with E-state index in [-0.39, 0.29) is 5.82 Å². The molecule has 0 amide bonds. The van der Waals surface area contributed by atoms with Crippen molar-refractivity contribution in [1.82, 2.24) is 10.6 Å². The molecule has 0 radical (unpaired) electrons. The lowest BCUT2D eigenvalue weighted by molar-refractivity contribution is 0.105. The van der Waals surface area contributed by atoms with Crippen molar-refractivity contribution in [3.8, 4) is 0 Å². The number of benzene rings is 1. The molecule has 25 heavy (non-hydrogen) atoms. The molecule has 0 atom stereocenters. The van der Waals surface area contributed by atoms with Gasteiger partial charge in [0.05, 0.1) is 6.26 Å². The van der Waals surface area contributed by atoms with Gasteiger partial charge in [0.2, 0.25) is 0 Å². The molecular weight excluding hydrogens is 321 g/mol. The Morgan fingerprint density at radius 1 is 1.24 bits per heavy atom. The molecule has 0 aliphatic carbocycles. The third-order valence-corrected chi connectivity index (χ3v) is 3.80. The fourth-order valence-corrected chi connectivity index (χ4v) is 2.42. The molecule has 0 unspecified atom stereocenters. The van der Waals surface area contributed by atoms with Crippen LogP contribution < -0.4 is 10.6 Å². The Bertz CT molecular complexity index is 657. The maximum absolute atomic E-state index is 13.1. The second-order valence-electron chi connectivity index (χ2n) is 5.73. The molecule has 0 saturated carbocycles. The van der Waals surface area contributed by atoms with Crippen LogP contribution in [0, 0.1) is 12.7 Å². The van der Waals surface area contributed by atoms with Crippen molar-refractivity contribution < 1.29 is 13.5 Å². The van der Waals surface area contributed by atoms with E-state index in [0.29, 0.717) is 13.2 Å². The monoisotopic (exact) mass is 347 g/mol. The second-order valence-corrected chi connectivity index (χ2v) is 5.73. The standard InChI is InChI=1S/C19H26FN3O2/c1-15-13-17(20)7-6-16(15)8-10-23-19(21-2)22-9-4-11-24-14-18-5-3-12-25-18/h3,5-7,12-13H,4,8-11,14H2,1-2H3,(H2,21,22,23). The number of hydrogen-bond donors (Lipinski definition) is 2.